The third kappa shape index (κ3) is 2.20. The number of fused-ring (bicyclic) bond motifs is 1. The van der Waals surface area contributed by atoms with Crippen LogP contribution < -0.4 is 11.1 Å². The lowest BCUT2D eigenvalue weighted by Gasteiger charge is -2.22. The molecule has 0 aliphatic rings. The van der Waals surface area contributed by atoms with Crippen molar-refractivity contribution >= 4 is 22.7 Å². The van der Waals surface area contributed by atoms with E-state index in [1.807, 2.05) is 12.1 Å². The molecule has 1 aromatic carbocycles. The van der Waals surface area contributed by atoms with Crippen molar-refractivity contribution in [1.29, 1.82) is 0 Å². The smallest absolute Gasteiger partial charge is 0.252 e. The Labute approximate surface area is 104 Å². The number of hydrogen-bond acceptors (Lipinski definition) is 2. The van der Waals surface area contributed by atoms with E-state index in [2.05, 4.69) is 10.3 Å². The minimum atomic E-state index is -1.07. The number of amides is 2. The first-order valence-electron chi connectivity index (χ1n) is 5.60. The fourth-order valence-corrected chi connectivity index (χ4v) is 1.61. The van der Waals surface area contributed by atoms with Gasteiger partial charge in [-0.3, -0.25) is 9.59 Å². The minimum absolute atomic E-state index is 0.324. The lowest BCUT2D eigenvalue weighted by Crippen LogP contribution is -2.52. The number of rotatable bonds is 3. The summed E-state index contributed by atoms with van der Waals surface area (Å²) in [6.45, 7) is 3.14. The molecule has 4 N–H and O–H groups in total. The van der Waals surface area contributed by atoms with Crippen molar-refractivity contribution < 1.29 is 9.59 Å². The molecule has 2 rings (SSSR count). The van der Waals surface area contributed by atoms with E-state index >= 15 is 0 Å². The number of carbonyl (C=O) groups excluding carboxylic acids is 2. The molecule has 0 bridgehead atoms. The van der Waals surface area contributed by atoms with E-state index in [0.717, 1.165) is 10.9 Å². The summed E-state index contributed by atoms with van der Waals surface area (Å²) in [6, 6.07) is 7.21. The highest BCUT2D eigenvalue weighted by atomic mass is 16.2. The van der Waals surface area contributed by atoms with E-state index in [0.29, 0.717) is 5.56 Å². The second kappa shape index (κ2) is 4.18. The van der Waals surface area contributed by atoms with E-state index in [1.54, 1.807) is 32.2 Å². The fourth-order valence-electron chi connectivity index (χ4n) is 1.61. The summed E-state index contributed by atoms with van der Waals surface area (Å²) >= 11 is 0. The summed E-state index contributed by atoms with van der Waals surface area (Å²) in [7, 11) is 0. The SMILES string of the molecule is CC(C)(NC(=O)c1ccc2cc[nH]c2c1)C(N)=O. The largest absolute Gasteiger partial charge is 0.368 e. The molecular weight excluding hydrogens is 230 g/mol. The standard InChI is InChI=1S/C13H15N3O2/c1-13(2,12(14)18)16-11(17)9-4-3-8-5-6-15-10(8)7-9/h3-7,15H,1-2H3,(H2,14,18)(H,16,17). The van der Waals surface area contributed by atoms with E-state index < -0.39 is 11.4 Å². The Hall–Kier alpha value is -2.30. The summed E-state index contributed by atoms with van der Waals surface area (Å²) in [6.07, 6.45) is 1.81. The highest BCUT2D eigenvalue weighted by molar-refractivity contribution is 6.00. The molecule has 5 heteroatoms. The van der Waals surface area contributed by atoms with E-state index in [-0.39, 0.29) is 5.91 Å². The van der Waals surface area contributed by atoms with Gasteiger partial charge in [-0.1, -0.05) is 6.07 Å². The fraction of sp³-hybridized carbons (Fsp3) is 0.231. The van der Waals surface area contributed by atoms with Gasteiger partial charge >= 0.3 is 0 Å². The normalized spacial score (nSPS) is 11.4. The molecular formula is C13H15N3O2. The van der Waals surface area contributed by atoms with E-state index in [1.165, 1.54) is 0 Å². The van der Waals surface area contributed by atoms with Crippen LogP contribution >= 0.6 is 0 Å². The van der Waals surface area contributed by atoms with Gasteiger partial charge < -0.3 is 16.0 Å². The molecule has 0 atom stereocenters. The minimum Gasteiger partial charge on any atom is -0.368 e. The molecule has 5 nitrogen and oxygen atoms in total. The predicted molar refractivity (Wildman–Crippen MR) is 69.0 cm³/mol. The molecule has 1 heterocycles. The third-order valence-corrected chi connectivity index (χ3v) is 2.86. The van der Waals surface area contributed by atoms with Gasteiger partial charge in [-0.25, -0.2) is 0 Å². The molecule has 0 unspecified atom stereocenters. The second-order valence-electron chi connectivity index (χ2n) is 4.72. The Bertz CT molecular complexity index is 613. The Morgan fingerprint density at radius 2 is 2.00 bits per heavy atom. The summed E-state index contributed by atoms with van der Waals surface area (Å²) in [5.41, 5.74) is 5.50. The molecule has 1 aromatic heterocycles. The van der Waals surface area contributed by atoms with Crippen molar-refractivity contribution in [3.8, 4) is 0 Å². The topological polar surface area (TPSA) is 88.0 Å². The van der Waals surface area contributed by atoms with Crippen molar-refractivity contribution in [2.24, 2.45) is 5.73 Å². The maximum absolute atomic E-state index is 12.0. The van der Waals surface area contributed by atoms with Crippen molar-refractivity contribution in [2.45, 2.75) is 19.4 Å². The monoisotopic (exact) mass is 245 g/mol. The summed E-state index contributed by atoms with van der Waals surface area (Å²) in [5, 5.41) is 3.63. The van der Waals surface area contributed by atoms with Crippen molar-refractivity contribution in [1.82, 2.24) is 10.3 Å². The van der Waals surface area contributed by atoms with E-state index in [9.17, 15) is 9.59 Å². The highest BCUT2D eigenvalue weighted by Crippen LogP contribution is 2.14. The maximum Gasteiger partial charge on any atom is 0.252 e. The van der Waals surface area contributed by atoms with Gasteiger partial charge in [-0.2, -0.15) is 0 Å². The Balaban J connectivity index is 2.25. The first-order chi connectivity index (χ1) is 8.40. The molecule has 0 saturated heterocycles. The number of H-pyrrole nitrogens is 1. The molecule has 0 saturated carbocycles. The number of benzene rings is 1. The molecule has 0 fully saturated rings. The summed E-state index contributed by atoms with van der Waals surface area (Å²) in [5.74, 6) is -0.896. The number of primary amides is 1. The zero-order chi connectivity index (χ0) is 13.3. The maximum atomic E-state index is 12.0. The highest BCUT2D eigenvalue weighted by Gasteiger charge is 2.27. The lowest BCUT2D eigenvalue weighted by atomic mass is 10.0. The molecule has 2 aromatic rings. The molecule has 18 heavy (non-hydrogen) atoms. The van der Waals surface area contributed by atoms with Crippen molar-refractivity contribution in [3.63, 3.8) is 0 Å². The summed E-state index contributed by atoms with van der Waals surface area (Å²) < 4.78 is 0. The van der Waals surface area contributed by atoms with Crippen LogP contribution in [0.4, 0.5) is 0 Å². The second-order valence-corrected chi connectivity index (χ2v) is 4.72. The average molecular weight is 245 g/mol. The van der Waals surface area contributed by atoms with Gasteiger partial charge in [-0.15, -0.1) is 0 Å². The summed E-state index contributed by atoms with van der Waals surface area (Å²) in [4.78, 5) is 26.2. The average Bonchev–Trinajstić information content (AvgIpc) is 2.74. The van der Waals surface area contributed by atoms with Gasteiger partial charge in [0, 0.05) is 17.3 Å². The Kier molecular flexibility index (Phi) is 2.82. The number of nitrogens with one attached hydrogen (secondary N) is 2. The first kappa shape index (κ1) is 12.2. The van der Waals surface area contributed by atoms with Crippen LogP contribution in [0.25, 0.3) is 10.9 Å². The van der Waals surface area contributed by atoms with Gasteiger partial charge in [0.15, 0.2) is 0 Å². The third-order valence-electron chi connectivity index (χ3n) is 2.86. The zero-order valence-electron chi connectivity index (χ0n) is 10.3. The first-order valence-corrected chi connectivity index (χ1v) is 5.60. The van der Waals surface area contributed by atoms with Crippen LogP contribution in [0.1, 0.15) is 24.2 Å². The van der Waals surface area contributed by atoms with Gasteiger partial charge in [0.05, 0.1) is 0 Å². The number of hydrogen-bond donors (Lipinski definition) is 3. The van der Waals surface area contributed by atoms with Crippen LogP contribution in [0.3, 0.4) is 0 Å². The molecule has 0 aliphatic carbocycles. The Morgan fingerprint density at radius 3 is 2.67 bits per heavy atom. The van der Waals surface area contributed by atoms with Crippen LogP contribution in [0.2, 0.25) is 0 Å². The lowest BCUT2D eigenvalue weighted by molar-refractivity contribution is -0.122. The number of carbonyl (C=O) groups is 2. The van der Waals surface area contributed by atoms with Crippen molar-refractivity contribution in [2.75, 3.05) is 0 Å². The van der Waals surface area contributed by atoms with Gasteiger partial charge in [-0.05, 0) is 37.4 Å². The molecule has 0 radical (unpaired) electrons. The van der Waals surface area contributed by atoms with Crippen LogP contribution in [0.5, 0.6) is 0 Å². The zero-order valence-corrected chi connectivity index (χ0v) is 10.3. The number of nitrogens with two attached hydrogens (primary N) is 1. The number of aromatic nitrogens is 1. The van der Waals surface area contributed by atoms with E-state index in [4.69, 9.17) is 5.73 Å². The molecule has 94 valence electrons. The number of aromatic amines is 1. The quantitative estimate of drug-likeness (QED) is 0.757. The molecule has 0 aliphatic heterocycles. The van der Waals surface area contributed by atoms with Gasteiger partial charge in [0.1, 0.15) is 5.54 Å². The molecule has 2 amide bonds. The Morgan fingerprint density at radius 1 is 1.28 bits per heavy atom. The van der Waals surface area contributed by atoms with Crippen LogP contribution in [0.15, 0.2) is 30.5 Å². The predicted octanol–water partition coefficient (Wildman–Crippen LogP) is 1.16. The van der Waals surface area contributed by atoms with Crippen LogP contribution in [-0.2, 0) is 4.79 Å². The van der Waals surface area contributed by atoms with Gasteiger partial charge in [0.25, 0.3) is 5.91 Å². The van der Waals surface area contributed by atoms with Crippen LogP contribution in [0, 0.1) is 0 Å². The van der Waals surface area contributed by atoms with Crippen LogP contribution in [-0.4, -0.2) is 22.3 Å². The van der Waals surface area contributed by atoms with Crippen molar-refractivity contribution in [3.05, 3.63) is 36.0 Å². The molecule has 0 spiro atoms. The van der Waals surface area contributed by atoms with Gasteiger partial charge in [0.2, 0.25) is 5.91 Å².